The smallest absolute Gasteiger partial charge is 0.289 e. The van der Waals surface area contributed by atoms with E-state index in [4.69, 9.17) is 16.0 Å². The number of carbonyl (C=O) groups is 2. The highest BCUT2D eigenvalue weighted by Gasteiger charge is 2.30. The molecule has 1 fully saturated rings. The lowest BCUT2D eigenvalue weighted by molar-refractivity contribution is -0.121. The third-order valence-corrected chi connectivity index (χ3v) is 7.24. The molecular formula is C23H22ClN3O5S. The van der Waals surface area contributed by atoms with Gasteiger partial charge in [0.15, 0.2) is 15.6 Å². The molecule has 2 amide bonds. The van der Waals surface area contributed by atoms with E-state index in [1.165, 1.54) is 30.5 Å². The molecule has 1 aliphatic heterocycles. The monoisotopic (exact) mass is 487 g/mol. The van der Waals surface area contributed by atoms with E-state index in [9.17, 15) is 18.0 Å². The molecule has 1 unspecified atom stereocenters. The van der Waals surface area contributed by atoms with Crippen LogP contribution in [0.3, 0.4) is 0 Å². The Labute approximate surface area is 196 Å². The fourth-order valence-corrected chi connectivity index (χ4v) is 5.06. The van der Waals surface area contributed by atoms with Crippen molar-refractivity contribution in [2.75, 3.05) is 18.4 Å². The second-order valence-corrected chi connectivity index (χ2v) is 10.2. The summed E-state index contributed by atoms with van der Waals surface area (Å²) < 4.78 is 30.7. The van der Waals surface area contributed by atoms with Gasteiger partial charge in [-0.1, -0.05) is 29.8 Å². The van der Waals surface area contributed by atoms with Gasteiger partial charge in [-0.3, -0.25) is 9.59 Å². The van der Waals surface area contributed by atoms with Crippen molar-refractivity contribution in [2.24, 2.45) is 5.92 Å². The molecule has 1 saturated heterocycles. The van der Waals surface area contributed by atoms with Crippen molar-refractivity contribution in [1.29, 1.82) is 0 Å². The van der Waals surface area contributed by atoms with Crippen LogP contribution in [0.1, 0.15) is 29.2 Å². The molecule has 3 aromatic rings. The predicted octanol–water partition coefficient (Wildman–Crippen LogP) is 3.79. The average molecular weight is 488 g/mol. The van der Waals surface area contributed by atoms with Crippen LogP contribution in [0.15, 0.2) is 70.1 Å². The molecule has 0 bridgehead atoms. The van der Waals surface area contributed by atoms with Gasteiger partial charge in [0.05, 0.1) is 15.8 Å². The number of aromatic nitrogens is 1. The van der Waals surface area contributed by atoms with Crippen LogP contribution in [0.4, 0.5) is 5.82 Å². The van der Waals surface area contributed by atoms with Crippen LogP contribution in [0.2, 0.25) is 5.02 Å². The van der Waals surface area contributed by atoms with Crippen LogP contribution in [0, 0.1) is 5.92 Å². The van der Waals surface area contributed by atoms with Crippen molar-refractivity contribution >= 4 is 39.1 Å². The number of anilines is 1. The lowest BCUT2D eigenvalue weighted by Gasteiger charge is -2.31. The van der Waals surface area contributed by atoms with Gasteiger partial charge in [0.2, 0.25) is 5.91 Å². The van der Waals surface area contributed by atoms with E-state index in [1.807, 2.05) is 0 Å². The van der Waals surface area contributed by atoms with Gasteiger partial charge in [-0.2, -0.15) is 0 Å². The number of hydrogen-bond acceptors (Lipinski definition) is 6. The number of sulfone groups is 1. The maximum Gasteiger partial charge on any atom is 0.289 e. The number of hydrogen-bond donors (Lipinski definition) is 1. The number of benzene rings is 1. The first-order valence-electron chi connectivity index (χ1n) is 10.4. The molecule has 0 saturated carbocycles. The zero-order valence-electron chi connectivity index (χ0n) is 17.6. The number of piperidine rings is 1. The van der Waals surface area contributed by atoms with E-state index in [0.717, 1.165) is 0 Å². The van der Waals surface area contributed by atoms with Gasteiger partial charge in [0.25, 0.3) is 5.91 Å². The molecule has 1 atom stereocenters. The number of rotatable bonds is 6. The quantitative estimate of drug-likeness (QED) is 0.566. The third-order valence-electron chi connectivity index (χ3n) is 5.37. The molecule has 1 N–H and O–H groups in total. The predicted molar refractivity (Wildman–Crippen MR) is 123 cm³/mol. The van der Waals surface area contributed by atoms with Gasteiger partial charge in [-0.25, -0.2) is 13.4 Å². The number of furan rings is 1. The normalized spacial score (nSPS) is 16.4. The van der Waals surface area contributed by atoms with E-state index in [1.54, 1.807) is 35.2 Å². The summed E-state index contributed by atoms with van der Waals surface area (Å²) in [7, 11) is -3.59. The fourth-order valence-electron chi connectivity index (χ4n) is 3.68. The first kappa shape index (κ1) is 23.0. The molecule has 3 heterocycles. The Morgan fingerprint density at radius 3 is 2.64 bits per heavy atom. The summed E-state index contributed by atoms with van der Waals surface area (Å²) in [5.41, 5.74) is 0. The lowest BCUT2D eigenvalue weighted by Crippen LogP contribution is -2.43. The highest BCUT2D eigenvalue weighted by Crippen LogP contribution is 2.23. The Kier molecular flexibility index (Phi) is 6.80. The molecule has 172 valence electrons. The summed E-state index contributed by atoms with van der Waals surface area (Å²) in [6, 6.07) is 14.3. The molecule has 8 nitrogen and oxygen atoms in total. The summed E-state index contributed by atoms with van der Waals surface area (Å²) >= 11 is 5.82. The third kappa shape index (κ3) is 5.61. The van der Waals surface area contributed by atoms with Crippen LogP contribution in [0.5, 0.6) is 0 Å². The molecule has 0 aliphatic carbocycles. The fraction of sp³-hybridized carbons (Fsp3) is 0.261. The van der Waals surface area contributed by atoms with E-state index < -0.39 is 15.8 Å². The zero-order valence-corrected chi connectivity index (χ0v) is 19.2. The van der Waals surface area contributed by atoms with Gasteiger partial charge in [-0.15, -0.1) is 0 Å². The maximum absolute atomic E-state index is 12.9. The molecule has 4 rings (SSSR count). The van der Waals surface area contributed by atoms with Crippen molar-refractivity contribution in [3.05, 3.63) is 77.3 Å². The average Bonchev–Trinajstić information content (AvgIpc) is 3.28. The van der Waals surface area contributed by atoms with Crippen LogP contribution >= 0.6 is 11.6 Å². The molecular weight excluding hydrogens is 466 g/mol. The SMILES string of the molecule is O=C(Nc1ccc(Cl)cn1)C1CCCN(C(=O)c2ccc(CS(=O)(=O)c3ccccc3)o2)C1. The summed E-state index contributed by atoms with van der Waals surface area (Å²) in [6.45, 7) is 0.719. The zero-order chi connectivity index (χ0) is 23.4. The Balaban J connectivity index is 1.39. The summed E-state index contributed by atoms with van der Waals surface area (Å²) in [5, 5.41) is 3.22. The number of amides is 2. The van der Waals surface area contributed by atoms with Crippen LogP contribution in [-0.2, 0) is 20.4 Å². The largest absolute Gasteiger partial charge is 0.455 e. The minimum Gasteiger partial charge on any atom is -0.455 e. The van der Waals surface area contributed by atoms with E-state index in [0.29, 0.717) is 30.2 Å². The Bertz CT molecular complexity index is 1240. The standard InChI is InChI=1S/C23H22ClN3O5S/c24-17-8-11-21(25-13-17)26-22(28)16-5-4-12-27(14-16)23(29)20-10-9-18(32-20)15-33(30,31)19-6-2-1-3-7-19/h1-3,6-11,13,16H,4-5,12,14-15H2,(H,25,26,28). The number of pyridine rings is 1. The summed E-state index contributed by atoms with van der Waals surface area (Å²) in [5.74, 6) is -0.715. The number of nitrogens with one attached hydrogen (secondary N) is 1. The molecule has 1 aromatic carbocycles. The Morgan fingerprint density at radius 2 is 1.91 bits per heavy atom. The topological polar surface area (TPSA) is 110 Å². The van der Waals surface area contributed by atoms with Gasteiger partial charge in [0.1, 0.15) is 17.3 Å². The van der Waals surface area contributed by atoms with Crippen molar-refractivity contribution in [3.63, 3.8) is 0 Å². The van der Waals surface area contributed by atoms with Crippen LogP contribution < -0.4 is 5.32 Å². The second kappa shape index (κ2) is 9.76. The number of likely N-dealkylation sites (tertiary alicyclic amines) is 1. The number of halogens is 1. The molecule has 0 radical (unpaired) electrons. The van der Waals surface area contributed by atoms with Crippen molar-refractivity contribution in [2.45, 2.75) is 23.5 Å². The molecule has 1 aliphatic rings. The van der Waals surface area contributed by atoms with Crippen LogP contribution in [-0.4, -0.2) is 43.2 Å². The minimum atomic E-state index is -3.59. The molecule has 33 heavy (non-hydrogen) atoms. The van der Waals surface area contributed by atoms with E-state index >= 15 is 0 Å². The first-order chi connectivity index (χ1) is 15.8. The van der Waals surface area contributed by atoms with Gasteiger partial charge >= 0.3 is 0 Å². The highest BCUT2D eigenvalue weighted by molar-refractivity contribution is 7.90. The van der Waals surface area contributed by atoms with Crippen molar-refractivity contribution in [3.8, 4) is 0 Å². The Hall–Kier alpha value is -3.17. The lowest BCUT2D eigenvalue weighted by atomic mass is 9.97. The van der Waals surface area contributed by atoms with E-state index in [2.05, 4.69) is 10.3 Å². The second-order valence-electron chi connectivity index (χ2n) is 7.78. The molecule has 0 spiro atoms. The minimum absolute atomic E-state index is 0.0497. The molecule has 2 aromatic heterocycles. The van der Waals surface area contributed by atoms with Crippen molar-refractivity contribution < 1.29 is 22.4 Å². The van der Waals surface area contributed by atoms with E-state index in [-0.39, 0.29) is 40.5 Å². The number of nitrogens with zero attached hydrogens (tertiary/aromatic N) is 2. The summed E-state index contributed by atoms with van der Waals surface area (Å²) in [6.07, 6.45) is 2.75. The first-order valence-corrected chi connectivity index (χ1v) is 12.4. The molecule has 10 heteroatoms. The van der Waals surface area contributed by atoms with Gasteiger partial charge in [0, 0.05) is 19.3 Å². The summed E-state index contributed by atoms with van der Waals surface area (Å²) in [4.78, 5) is 31.4. The van der Waals surface area contributed by atoms with Gasteiger partial charge < -0.3 is 14.6 Å². The van der Waals surface area contributed by atoms with Crippen LogP contribution in [0.25, 0.3) is 0 Å². The number of carbonyl (C=O) groups excluding carboxylic acids is 2. The Morgan fingerprint density at radius 1 is 1.12 bits per heavy atom. The van der Waals surface area contributed by atoms with Gasteiger partial charge in [-0.05, 0) is 49.2 Å². The maximum atomic E-state index is 12.9. The highest BCUT2D eigenvalue weighted by atomic mass is 35.5. The van der Waals surface area contributed by atoms with Crippen molar-refractivity contribution in [1.82, 2.24) is 9.88 Å².